The zero-order valence-corrected chi connectivity index (χ0v) is 14.1. The Morgan fingerprint density at radius 2 is 1.65 bits per heavy atom. The molecule has 2 aromatic carbocycles. The van der Waals surface area contributed by atoms with Crippen molar-refractivity contribution in [1.29, 1.82) is 0 Å². The van der Waals surface area contributed by atoms with Crippen molar-refractivity contribution in [1.82, 2.24) is 14.6 Å². The highest BCUT2D eigenvalue weighted by Crippen LogP contribution is 2.26. The van der Waals surface area contributed by atoms with Gasteiger partial charge in [0.2, 0.25) is 10.7 Å². The van der Waals surface area contributed by atoms with E-state index in [4.69, 9.17) is 0 Å². The van der Waals surface area contributed by atoms with Crippen LogP contribution in [-0.4, -0.2) is 20.4 Å². The topological polar surface area (TPSA) is 47.3 Å². The van der Waals surface area contributed by atoms with Crippen LogP contribution < -0.4 is 0 Å². The first-order valence-corrected chi connectivity index (χ1v) is 8.56. The number of nitrogens with zero attached hydrogens (tertiary/aromatic N) is 3. The molecule has 0 amide bonds. The Morgan fingerprint density at radius 1 is 1.00 bits per heavy atom. The molecule has 0 bridgehead atoms. The second-order valence-electron chi connectivity index (χ2n) is 5.50. The molecule has 4 aromatic rings. The fraction of sp³-hybridized carbons (Fsp3) is 0. The molecule has 7 heteroatoms. The summed E-state index contributed by atoms with van der Waals surface area (Å²) in [4.78, 5) is 17.8. The molecule has 0 atom stereocenters. The van der Waals surface area contributed by atoms with Gasteiger partial charge in [-0.2, -0.15) is 9.61 Å². The van der Waals surface area contributed by atoms with Gasteiger partial charge in [0, 0.05) is 5.56 Å². The highest BCUT2D eigenvalue weighted by Gasteiger charge is 2.20. The van der Waals surface area contributed by atoms with Crippen LogP contribution in [0.15, 0.2) is 60.1 Å². The summed E-state index contributed by atoms with van der Waals surface area (Å²) in [6.45, 7) is 0. The van der Waals surface area contributed by atoms with E-state index in [1.54, 1.807) is 35.9 Å². The molecule has 2 heterocycles. The number of hydrogen-bond acceptors (Lipinski definition) is 4. The highest BCUT2D eigenvalue weighted by atomic mass is 32.1. The van der Waals surface area contributed by atoms with Crippen LogP contribution >= 0.6 is 11.3 Å². The van der Waals surface area contributed by atoms with Crippen LogP contribution in [0.2, 0.25) is 0 Å². The van der Waals surface area contributed by atoms with E-state index in [0.29, 0.717) is 27.5 Å². The third kappa shape index (κ3) is 3.04. The van der Waals surface area contributed by atoms with Crippen LogP contribution in [0.5, 0.6) is 0 Å². The number of rotatable bonds is 4. The number of imidazole rings is 1. The number of aromatic nitrogens is 3. The average Bonchev–Trinajstić information content (AvgIpc) is 3.22. The van der Waals surface area contributed by atoms with Gasteiger partial charge in [0.25, 0.3) is 0 Å². The maximum Gasteiger partial charge on any atom is 0.213 e. The average molecular weight is 367 g/mol. The number of halogens is 2. The van der Waals surface area contributed by atoms with Crippen molar-refractivity contribution in [2.75, 3.05) is 0 Å². The number of carbonyl (C=O) groups is 1. The summed E-state index contributed by atoms with van der Waals surface area (Å²) in [5.74, 6) is -1.00. The number of fused-ring (bicyclic) bond motifs is 1. The molecule has 0 N–H and O–H groups in total. The molecular formula is C19H11F2N3OS. The van der Waals surface area contributed by atoms with E-state index >= 15 is 0 Å². The fourth-order valence-electron chi connectivity index (χ4n) is 2.55. The van der Waals surface area contributed by atoms with Crippen molar-refractivity contribution in [2.45, 2.75) is 0 Å². The Labute approximate surface area is 151 Å². The molecule has 26 heavy (non-hydrogen) atoms. The van der Waals surface area contributed by atoms with Gasteiger partial charge in [0.15, 0.2) is 0 Å². The second-order valence-corrected chi connectivity index (χ2v) is 6.31. The summed E-state index contributed by atoms with van der Waals surface area (Å²) >= 11 is 1.30. The number of carbonyl (C=O) groups excluding carboxylic acids is 1. The van der Waals surface area contributed by atoms with E-state index in [-0.39, 0.29) is 17.4 Å². The number of benzene rings is 2. The van der Waals surface area contributed by atoms with Crippen molar-refractivity contribution >= 4 is 28.2 Å². The van der Waals surface area contributed by atoms with Crippen molar-refractivity contribution < 1.29 is 13.6 Å². The standard InChI is InChI=1S/C19H11F2N3OS/c20-14-6-1-12(2-7-14)3-10-16(25)18-17(13-4-8-15(21)9-5-13)23-19-24(18)22-11-26-19/h1-11H/b10-3+. The number of allylic oxidation sites excluding steroid dienone is 1. The summed E-state index contributed by atoms with van der Waals surface area (Å²) in [5.41, 5.74) is 3.66. The number of hydrogen-bond donors (Lipinski definition) is 0. The quantitative estimate of drug-likeness (QED) is 0.390. The summed E-state index contributed by atoms with van der Waals surface area (Å²) in [6.07, 6.45) is 2.99. The lowest BCUT2D eigenvalue weighted by atomic mass is 10.1. The molecule has 0 radical (unpaired) electrons. The molecule has 0 unspecified atom stereocenters. The van der Waals surface area contributed by atoms with Gasteiger partial charge in [-0.25, -0.2) is 13.8 Å². The van der Waals surface area contributed by atoms with E-state index in [0.717, 1.165) is 0 Å². The Bertz CT molecular complexity index is 1110. The first-order chi connectivity index (χ1) is 12.6. The lowest BCUT2D eigenvalue weighted by molar-refractivity contribution is 0.104. The minimum Gasteiger partial charge on any atom is -0.287 e. The zero-order chi connectivity index (χ0) is 18.1. The fourth-order valence-corrected chi connectivity index (χ4v) is 3.17. The third-order valence-corrected chi connectivity index (χ3v) is 4.47. The normalized spacial score (nSPS) is 11.5. The Kier molecular flexibility index (Phi) is 4.14. The van der Waals surface area contributed by atoms with Gasteiger partial charge < -0.3 is 0 Å². The van der Waals surface area contributed by atoms with Gasteiger partial charge in [-0.1, -0.05) is 29.5 Å². The van der Waals surface area contributed by atoms with Crippen LogP contribution in [-0.2, 0) is 0 Å². The maximum atomic E-state index is 13.2. The first-order valence-electron chi connectivity index (χ1n) is 7.68. The summed E-state index contributed by atoms with van der Waals surface area (Å²) in [5, 5.41) is 4.16. The van der Waals surface area contributed by atoms with Crippen LogP contribution in [0.25, 0.3) is 22.3 Å². The molecule has 4 rings (SSSR count). The molecule has 0 aliphatic heterocycles. The largest absolute Gasteiger partial charge is 0.287 e. The lowest BCUT2D eigenvalue weighted by Crippen LogP contribution is -2.03. The molecule has 0 aliphatic rings. The predicted molar refractivity (Wildman–Crippen MR) is 96.0 cm³/mol. The van der Waals surface area contributed by atoms with Gasteiger partial charge in [0.1, 0.15) is 28.5 Å². The predicted octanol–water partition coefficient (Wildman–Crippen LogP) is 4.63. The van der Waals surface area contributed by atoms with Crippen molar-refractivity contribution in [3.63, 3.8) is 0 Å². The minimum atomic E-state index is -0.364. The Balaban J connectivity index is 1.75. The summed E-state index contributed by atoms with van der Waals surface area (Å²) < 4.78 is 27.7. The zero-order valence-electron chi connectivity index (χ0n) is 13.3. The van der Waals surface area contributed by atoms with Crippen molar-refractivity contribution in [3.8, 4) is 11.3 Å². The van der Waals surface area contributed by atoms with E-state index in [9.17, 15) is 13.6 Å². The summed E-state index contributed by atoms with van der Waals surface area (Å²) in [6, 6.07) is 11.6. The van der Waals surface area contributed by atoms with Crippen LogP contribution in [0.1, 0.15) is 16.1 Å². The first kappa shape index (κ1) is 16.3. The highest BCUT2D eigenvalue weighted by molar-refractivity contribution is 7.14. The maximum absolute atomic E-state index is 13.2. The SMILES string of the molecule is O=C(/C=C/c1ccc(F)cc1)c1c(-c2ccc(F)cc2)nc2scnn12. The molecule has 2 aromatic heterocycles. The second kappa shape index (κ2) is 6.61. The van der Waals surface area contributed by atoms with Gasteiger partial charge in [0.05, 0.1) is 0 Å². The Morgan fingerprint density at radius 3 is 2.35 bits per heavy atom. The van der Waals surface area contributed by atoms with Crippen LogP contribution in [0.3, 0.4) is 0 Å². The van der Waals surface area contributed by atoms with Gasteiger partial charge in [-0.3, -0.25) is 4.79 Å². The molecule has 4 nitrogen and oxygen atoms in total. The van der Waals surface area contributed by atoms with Crippen molar-refractivity contribution in [2.24, 2.45) is 0 Å². The monoisotopic (exact) mass is 367 g/mol. The molecular weight excluding hydrogens is 356 g/mol. The van der Waals surface area contributed by atoms with E-state index in [2.05, 4.69) is 10.1 Å². The van der Waals surface area contributed by atoms with Gasteiger partial charge >= 0.3 is 0 Å². The molecule has 0 aliphatic carbocycles. The smallest absolute Gasteiger partial charge is 0.213 e. The molecule has 0 saturated heterocycles. The number of ketones is 1. The van der Waals surface area contributed by atoms with Crippen molar-refractivity contribution in [3.05, 3.63) is 83.0 Å². The Hall–Kier alpha value is -3.19. The third-order valence-electron chi connectivity index (χ3n) is 3.79. The molecule has 0 saturated carbocycles. The molecule has 0 fully saturated rings. The summed E-state index contributed by atoms with van der Waals surface area (Å²) in [7, 11) is 0. The van der Waals surface area contributed by atoms with Gasteiger partial charge in [-0.05, 0) is 48.0 Å². The van der Waals surface area contributed by atoms with E-state index in [1.165, 1.54) is 46.2 Å². The van der Waals surface area contributed by atoms with Gasteiger partial charge in [-0.15, -0.1) is 0 Å². The minimum absolute atomic E-state index is 0.297. The lowest BCUT2D eigenvalue weighted by Gasteiger charge is -2.01. The van der Waals surface area contributed by atoms with E-state index in [1.807, 2.05) is 0 Å². The van der Waals surface area contributed by atoms with E-state index < -0.39 is 0 Å². The van der Waals surface area contributed by atoms with Crippen LogP contribution in [0.4, 0.5) is 8.78 Å². The van der Waals surface area contributed by atoms with Crippen LogP contribution in [0, 0.1) is 11.6 Å². The molecule has 128 valence electrons. The molecule has 0 spiro atoms.